The van der Waals surface area contributed by atoms with Gasteiger partial charge in [-0.05, 0) is 48.0 Å². The number of thioether (sulfide) groups is 1. The van der Waals surface area contributed by atoms with Crippen LogP contribution in [0, 0.1) is 0 Å². The molecule has 1 amide bonds. The van der Waals surface area contributed by atoms with Crippen LogP contribution in [0.5, 0.6) is 11.5 Å². The maximum Gasteiger partial charge on any atom is 0.343 e. The van der Waals surface area contributed by atoms with Gasteiger partial charge in [-0.3, -0.25) is 4.79 Å². The van der Waals surface area contributed by atoms with E-state index in [4.69, 9.17) is 9.47 Å². The van der Waals surface area contributed by atoms with Crippen molar-refractivity contribution in [2.45, 2.75) is 0 Å². The Labute approximate surface area is 160 Å². The zero-order chi connectivity index (χ0) is 19.2. The van der Waals surface area contributed by atoms with Gasteiger partial charge < -0.3 is 14.2 Å². The Bertz CT molecular complexity index is 901. The molecule has 6 nitrogen and oxygen atoms in total. The number of hydrogen-bond acceptors (Lipinski definition) is 6. The van der Waals surface area contributed by atoms with Crippen molar-refractivity contribution < 1.29 is 23.8 Å². The van der Waals surface area contributed by atoms with E-state index < -0.39 is 5.97 Å². The molecule has 0 radical (unpaired) electrons. The summed E-state index contributed by atoms with van der Waals surface area (Å²) < 4.78 is 15.0. The first-order valence-electron chi connectivity index (χ1n) is 8.05. The number of carbonyl (C=O) groups excluding carboxylic acids is 2. The van der Waals surface area contributed by atoms with Gasteiger partial charge in [0.25, 0.3) is 5.91 Å². The highest BCUT2D eigenvalue weighted by atomic mass is 32.2. The van der Waals surface area contributed by atoms with Crippen molar-refractivity contribution >= 4 is 34.8 Å². The molecular weight excluding hydrogens is 366 g/mol. The summed E-state index contributed by atoms with van der Waals surface area (Å²) in [7, 11) is 2.91. The molecule has 0 N–H and O–H groups in total. The Kier molecular flexibility index (Phi) is 5.93. The van der Waals surface area contributed by atoms with Crippen molar-refractivity contribution in [1.29, 1.82) is 0 Å². The quantitative estimate of drug-likeness (QED) is 0.563. The van der Waals surface area contributed by atoms with Gasteiger partial charge in [-0.15, -0.1) is 0 Å². The number of aliphatic imine (C=N–C) groups is 1. The summed E-state index contributed by atoms with van der Waals surface area (Å²) in [6.07, 6.45) is 1.80. The number of nitrogens with zero attached hydrogens (tertiary/aromatic N) is 1. The molecular formula is C20H17NO5S. The Morgan fingerprint density at radius 3 is 2.33 bits per heavy atom. The van der Waals surface area contributed by atoms with E-state index in [0.717, 1.165) is 16.9 Å². The molecule has 0 fully saturated rings. The van der Waals surface area contributed by atoms with Gasteiger partial charge in [0.05, 0.1) is 19.1 Å². The molecule has 1 aliphatic heterocycles. The third-order valence-electron chi connectivity index (χ3n) is 3.72. The molecule has 1 heterocycles. The molecule has 2 aromatic rings. The molecule has 0 aromatic heterocycles. The fourth-order valence-corrected chi connectivity index (χ4v) is 3.20. The molecule has 0 atom stereocenters. The zero-order valence-electron chi connectivity index (χ0n) is 14.8. The summed E-state index contributed by atoms with van der Waals surface area (Å²) in [5, 5.41) is 0.624. The highest BCUT2D eigenvalue weighted by Gasteiger charge is 2.23. The largest absolute Gasteiger partial charge is 0.497 e. The Morgan fingerprint density at radius 1 is 1.04 bits per heavy atom. The molecule has 27 heavy (non-hydrogen) atoms. The maximum absolute atomic E-state index is 12.2. The summed E-state index contributed by atoms with van der Waals surface area (Å²) in [5.74, 6) is 0.576. The van der Waals surface area contributed by atoms with E-state index in [-0.39, 0.29) is 12.5 Å². The zero-order valence-corrected chi connectivity index (χ0v) is 15.6. The molecule has 0 saturated carbocycles. The summed E-state index contributed by atoms with van der Waals surface area (Å²) in [6.45, 7) is -0.154. The van der Waals surface area contributed by atoms with Gasteiger partial charge in [0.2, 0.25) is 0 Å². The van der Waals surface area contributed by atoms with Crippen LogP contribution in [0.2, 0.25) is 0 Å². The summed E-state index contributed by atoms with van der Waals surface area (Å²) in [5.41, 5.74) is 1.70. The standard InChI is InChI=1S/C20H17NO5S/c1-24-15-7-3-13(4-8-15)11-17-19(23)21-20(27-17)14-5-9-16(10-6-14)26-12-18(22)25-2/h3-11H,12H2,1-2H3/b17-11-. The lowest BCUT2D eigenvalue weighted by atomic mass is 10.2. The molecule has 0 unspecified atom stereocenters. The molecule has 7 heteroatoms. The van der Waals surface area contributed by atoms with Crippen LogP contribution in [0.15, 0.2) is 58.4 Å². The van der Waals surface area contributed by atoms with Crippen LogP contribution in [-0.4, -0.2) is 37.7 Å². The molecule has 1 aliphatic rings. The van der Waals surface area contributed by atoms with Gasteiger partial charge >= 0.3 is 5.97 Å². The van der Waals surface area contributed by atoms with E-state index in [1.807, 2.05) is 24.3 Å². The van der Waals surface area contributed by atoms with E-state index >= 15 is 0 Å². The van der Waals surface area contributed by atoms with Crippen LogP contribution in [0.3, 0.4) is 0 Å². The predicted molar refractivity (Wildman–Crippen MR) is 104 cm³/mol. The van der Waals surface area contributed by atoms with Crippen molar-refractivity contribution in [2.24, 2.45) is 4.99 Å². The number of benzene rings is 2. The average molecular weight is 383 g/mol. The van der Waals surface area contributed by atoms with Gasteiger partial charge in [-0.2, -0.15) is 0 Å². The van der Waals surface area contributed by atoms with Gasteiger partial charge in [-0.25, -0.2) is 9.79 Å². The third-order valence-corrected chi connectivity index (χ3v) is 4.75. The van der Waals surface area contributed by atoms with E-state index in [0.29, 0.717) is 15.7 Å². The monoisotopic (exact) mass is 383 g/mol. The second kappa shape index (κ2) is 8.55. The Morgan fingerprint density at radius 2 is 1.70 bits per heavy atom. The molecule has 0 bridgehead atoms. The van der Waals surface area contributed by atoms with Crippen molar-refractivity contribution in [3.05, 3.63) is 64.6 Å². The van der Waals surface area contributed by atoms with E-state index in [9.17, 15) is 9.59 Å². The van der Waals surface area contributed by atoms with Crippen LogP contribution in [0.1, 0.15) is 11.1 Å². The first-order chi connectivity index (χ1) is 13.1. The first-order valence-corrected chi connectivity index (χ1v) is 8.87. The lowest BCUT2D eigenvalue weighted by Gasteiger charge is -2.05. The first kappa shape index (κ1) is 18.7. The number of hydrogen-bond donors (Lipinski definition) is 0. The summed E-state index contributed by atoms with van der Waals surface area (Å²) in [4.78, 5) is 28.0. The number of esters is 1. The summed E-state index contributed by atoms with van der Waals surface area (Å²) in [6, 6.07) is 14.5. The van der Waals surface area contributed by atoms with Crippen LogP contribution in [-0.2, 0) is 14.3 Å². The Hall–Kier alpha value is -3.06. The van der Waals surface area contributed by atoms with Gasteiger partial charge in [0.1, 0.15) is 16.5 Å². The van der Waals surface area contributed by atoms with E-state index in [2.05, 4.69) is 9.73 Å². The summed E-state index contributed by atoms with van der Waals surface area (Å²) >= 11 is 1.32. The topological polar surface area (TPSA) is 74.2 Å². The van der Waals surface area contributed by atoms with Crippen LogP contribution < -0.4 is 9.47 Å². The molecule has 138 valence electrons. The van der Waals surface area contributed by atoms with Gasteiger partial charge in [0.15, 0.2) is 6.61 Å². The SMILES string of the molecule is COC(=O)COc1ccc(C2=NC(=O)/C(=C/c3ccc(OC)cc3)S2)cc1. The van der Waals surface area contributed by atoms with E-state index in [1.165, 1.54) is 18.9 Å². The maximum atomic E-state index is 12.2. The van der Waals surface area contributed by atoms with Crippen molar-refractivity contribution in [2.75, 3.05) is 20.8 Å². The third kappa shape index (κ3) is 4.77. The Balaban J connectivity index is 1.68. The van der Waals surface area contributed by atoms with Crippen molar-refractivity contribution in [3.63, 3.8) is 0 Å². The highest BCUT2D eigenvalue weighted by molar-refractivity contribution is 8.19. The number of methoxy groups -OCH3 is 2. The fourth-order valence-electron chi connectivity index (χ4n) is 2.28. The van der Waals surface area contributed by atoms with Crippen molar-refractivity contribution in [3.8, 4) is 11.5 Å². The molecule has 0 saturated heterocycles. The highest BCUT2D eigenvalue weighted by Crippen LogP contribution is 2.32. The average Bonchev–Trinajstić information content (AvgIpc) is 3.07. The normalized spacial score (nSPS) is 14.8. The van der Waals surface area contributed by atoms with Crippen LogP contribution in [0.4, 0.5) is 0 Å². The number of rotatable bonds is 6. The smallest absolute Gasteiger partial charge is 0.343 e. The fraction of sp³-hybridized carbons (Fsp3) is 0.150. The van der Waals surface area contributed by atoms with Crippen molar-refractivity contribution in [1.82, 2.24) is 0 Å². The molecule has 0 spiro atoms. The molecule has 3 rings (SSSR count). The van der Waals surface area contributed by atoms with E-state index in [1.54, 1.807) is 37.5 Å². The lowest BCUT2D eigenvalue weighted by Crippen LogP contribution is -2.12. The van der Waals surface area contributed by atoms with Gasteiger partial charge in [-0.1, -0.05) is 23.9 Å². The number of ether oxygens (including phenoxy) is 3. The van der Waals surface area contributed by atoms with Gasteiger partial charge in [0, 0.05) is 5.56 Å². The second-order valence-electron chi connectivity index (χ2n) is 5.50. The second-order valence-corrected chi connectivity index (χ2v) is 6.53. The predicted octanol–water partition coefficient (Wildman–Crippen LogP) is 3.31. The number of amides is 1. The number of carbonyl (C=O) groups is 2. The minimum atomic E-state index is -0.450. The lowest BCUT2D eigenvalue weighted by molar-refractivity contribution is -0.142. The minimum Gasteiger partial charge on any atom is -0.497 e. The molecule has 2 aromatic carbocycles. The van der Waals surface area contributed by atoms with Crippen LogP contribution in [0.25, 0.3) is 6.08 Å². The van der Waals surface area contributed by atoms with Crippen LogP contribution >= 0.6 is 11.8 Å². The molecule has 0 aliphatic carbocycles. The minimum absolute atomic E-state index is 0.154.